The molecule has 1 aromatic carbocycles. The van der Waals surface area contributed by atoms with Crippen LogP contribution >= 0.6 is 18.1 Å². The van der Waals surface area contributed by atoms with Gasteiger partial charge in [0.1, 0.15) is 11.8 Å². The third-order valence-electron chi connectivity index (χ3n) is 2.10. The Bertz CT molecular complexity index is 506. The van der Waals surface area contributed by atoms with Crippen LogP contribution in [0.5, 0.6) is 5.75 Å². The van der Waals surface area contributed by atoms with Gasteiger partial charge in [0.2, 0.25) is 0 Å². The molecule has 0 radical (unpaired) electrons. The summed E-state index contributed by atoms with van der Waals surface area (Å²) in [7, 11) is 0. The zero-order valence-corrected chi connectivity index (χ0v) is 12.9. The fraction of sp³-hybridized carbons (Fsp3) is 0.308. The van der Waals surface area contributed by atoms with Crippen LogP contribution in [0.1, 0.15) is 13.8 Å². The second-order valence-corrected chi connectivity index (χ2v) is 6.95. The number of esters is 1. The summed E-state index contributed by atoms with van der Waals surface area (Å²) in [6, 6.07) is 7.41. The largest absolute Gasteiger partial charge is 0.462 e. The minimum absolute atomic E-state index is 0.295. The molecule has 0 aromatic heterocycles. The maximum atomic E-state index is 12.1. The summed E-state index contributed by atoms with van der Waals surface area (Å²) >= 11 is 5.79. The molecule has 1 rings (SSSR count). The van der Waals surface area contributed by atoms with Gasteiger partial charge in [-0.15, -0.1) is 6.58 Å². The number of ether oxygens (including phenoxy) is 1. The van der Waals surface area contributed by atoms with Crippen molar-refractivity contribution in [3.63, 3.8) is 0 Å². The molecule has 20 heavy (non-hydrogen) atoms. The molecule has 110 valence electrons. The Morgan fingerprint density at radius 2 is 2.00 bits per heavy atom. The molecule has 0 bridgehead atoms. The van der Waals surface area contributed by atoms with E-state index in [9.17, 15) is 9.36 Å². The van der Waals surface area contributed by atoms with Crippen molar-refractivity contribution in [2.24, 2.45) is 0 Å². The van der Waals surface area contributed by atoms with E-state index in [4.69, 9.17) is 20.5 Å². The van der Waals surface area contributed by atoms with Crippen molar-refractivity contribution in [3.05, 3.63) is 43.0 Å². The first-order valence-electron chi connectivity index (χ1n) is 5.99. The first-order valence-corrected chi connectivity index (χ1v) is 8.52. The molecule has 7 heteroatoms. The summed E-state index contributed by atoms with van der Waals surface area (Å²) in [5.41, 5.74) is 0. The van der Waals surface area contributed by atoms with E-state index in [0.717, 1.165) is 0 Å². The van der Waals surface area contributed by atoms with Crippen molar-refractivity contribution in [2.45, 2.75) is 26.0 Å². The lowest BCUT2D eigenvalue weighted by atomic mass is 10.3. The van der Waals surface area contributed by atoms with Crippen LogP contribution in [0.4, 0.5) is 0 Å². The van der Waals surface area contributed by atoms with Crippen molar-refractivity contribution in [2.75, 3.05) is 0 Å². The normalized spacial score (nSPS) is 15.2. The summed E-state index contributed by atoms with van der Waals surface area (Å²) in [6.07, 6.45) is 0.963. The highest BCUT2D eigenvalue weighted by molar-refractivity contribution is 7.84. The number of hydrogen-bond donors (Lipinski definition) is 1. The lowest BCUT2D eigenvalue weighted by Gasteiger charge is -2.19. The van der Waals surface area contributed by atoms with Gasteiger partial charge in [0, 0.05) is 11.2 Å². The summed E-state index contributed by atoms with van der Waals surface area (Å²) < 4.78 is 22.3. The van der Waals surface area contributed by atoms with Crippen LogP contribution in [0.25, 0.3) is 0 Å². The second kappa shape index (κ2) is 7.48. The van der Waals surface area contributed by atoms with Gasteiger partial charge in [0.25, 0.3) is 0 Å². The Kier molecular flexibility index (Phi) is 6.27. The van der Waals surface area contributed by atoms with Crippen molar-refractivity contribution in [1.29, 1.82) is 0 Å². The van der Waals surface area contributed by atoms with E-state index >= 15 is 0 Å². The highest BCUT2D eigenvalue weighted by atomic mass is 35.7. The van der Waals surface area contributed by atoms with Crippen molar-refractivity contribution in [1.82, 2.24) is 5.09 Å². The predicted octanol–water partition coefficient (Wildman–Crippen LogP) is 3.51. The van der Waals surface area contributed by atoms with Crippen LogP contribution in [-0.2, 0) is 14.1 Å². The van der Waals surface area contributed by atoms with Crippen molar-refractivity contribution < 1.29 is 18.6 Å². The first-order chi connectivity index (χ1) is 9.34. The Morgan fingerprint density at radius 3 is 2.50 bits per heavy atom. The minimum Gasteiger partial charge on any atom is -0.462 e. The first kappa shape index (κ1) is 16.8. The molecule has 0 aliphatic rings. The zero-order valence-electron chi connectivity index (χ0n) is 11.3. The average molecular weight is 318 g/mol. The van der Waals surface area contributed by atoms with Crippen LogP contribution in [-0.4, -0.2) is 18.1 Å². The highest BCUT2D eigenvalue weighted by Crippen LogP contribution is 2.48. The molecule has 2 atom stereocenters. The van der Waals surface area contributed by atoms with Gasteiger partial charge in [0.05, 0.1) is 6.10 Å². The topological polar surface area (TPSA) is 64.6 Å². The number of hydrogen-bond acceptors (Lipinski definition) is 4. The van der Waals surface area contributed by atoms with Crippen LogP contribution < -0.4 is 9.61 Å². The SMILES string of the molecule is C=C[C@H](N[P@@](=O)(Cl)Oc1ccccc1)C(=O)OC(C)C. The molecule has 0 saturated heterocycles. The Hall–Kier alpha value is -1.29. The highest BCUT2D eigenvalue weighted by Gasteiger charge is 2.29. The van der Waals surface area contributed by atoms with Gasteiger partial charge in [0.15, 0.2) is 0 Å². The molecule has 5 nitrogen and oxygen atoms in total. The molecule has 1 N–H and O–H groups in total. The molecule has 0 aliphatic carbocycles. The number of rotatable bonds is 7. The molecule has 0 amide bonds. The Labute approximate surface area is 123 Å². The predicted molar refractivity (Wildman–Crippen MR) is 78.9 cm³/mol. The third-order valence-corrected chi connectivity index (χ3v) is 3.63. The number of halogens is 1. The third kappa shape index (κ3) is 5.78. The Balaban J connectivity index is 2.70. The fourth-order valence-electron chi connectivity index (χ4n) is 1.32. The van der Waals surface area contributed by atoms with Crippen LogP contribution in [0.15, 0.2) is 43.0 Å². The molecule has 0 saturated carbocycles. The summed E-state index contributed by atoms with van der Waals surface area (Å²) in [5, 5.41) is 2.40. The number of nitrogens with one attached hydrogen (secondary N) is 1. The maximum absolute atomic E-state index is 12.1. The van der Waals surface area contributed by atoms with Crippen LogP contribution in [0.2, 0.25) is 0 Å². The van der Waals surface area contributed by atoms with Gasteiger partial charge in [-0.3, -0.25) is 0 Å². The number of carbonyl (C=O) groups is 1. The van der Waals surface area contributed by atoms with E-state index in [2.05, 4.69) is 11.7 Å². The van der Waals surface area contributed by atoms with Gasteiger partial charge in [-0.2, -0.15) is 0 Å². The molecule has 0 spiro atoms. The van der Waals surface area contributed by atoms with Gasteiger partial charge in [-0.05, 0) is 26.0 Å². The van der Waals surface area contributed by atoms with E-state index in [0.29, 0.717) is 5.75 Å². The van der Waals surface area contributed by atoms with E-state index in [-0.39, 0.29) is 6.10 Å². The second-order valence-electron chi connectivity index (χ2n) is 4.21. The molecular weight excluding hydrogens is 301 g/mol. The van der Waals surface area contributed by atoms with Gasteiger partial charge < -0.3 is 9.26 Å². The summed E-state index contributed by atoms with van der Waals surface area (Å²) in [6.45, 7) is 3.16. The van der Waals surface area contributed by atoms with Gasteiger partial charge in [-0.25, -0.2) is 14.4 Å². The number of carbonyl (C=O) groups excluding carboxylic acids is 1. The minimum atomic E-state index is -3.73. The maximum Gasteiger partial charge on any atom is 0.410 e. The molecule has 0 aliphatic heterocycles. The summed E-state index contributed by atoms with van der Waals surface area (Å²) in [5.74, 6) is -0.286. The van der Waals surface area contributed by atoms with Crippen molar-refractivity contribution in [3.8, 4) is 5.75 Å². The zero-order chi connectivity index (χ0) is 15.2. The van der Waals surface area contributed by atoms with Crippen LogP contribution in [0, 0.1) is 0 Å². The fourth-order valence-corrected chi connectivity index (χ4v) is 2.86. The number of para-hydroxylation sites is 1. The molecule has 0 unspecified atom stereocenters. The quantitative estimate of drug-likeness (QED) is 0.473. The van der Waals surface area contributed by atoms with E-state index in [1.807, 2.05) is 0 Å². The van der Waals surface area contributed by atoms with Gasteiger partial charge >= 0.3 is 12.8 Å². The Morgan fingerprint density at radius 1 is 1.40 bits per heavy atom. The van der Waals surface area contributed by atoms with Crippen molar-refractivity contribution >= 4 is 24.1 Å². The molecule has 1 aromatic rings. The van der Waals surface area contributed by atoms with E-state index in [1.54, 1.807) is 44.2 Å². The molecule has 0 heterocycles. The van der Waals surface area contributed by atoms with Crippen LogP contribution in [0.3, 0.4) is 0 Å². The van der Waals surface area contributed by atoms with Gasteiger partial charge in [-0.1, -0.05) is 24.3 Å². The lowest BCUT2D eigenvalue weighted by molar-refractivity contribution is -0.148. The van der Waals surface area contributed by atoms with E-state index in [1.165, 1.54) is 6.08 Å². The average Bonchev–Trinajstić information content (AvgIpc) is 2.35. The summed E-state index contributed by atoms with van der Waals surface area (Å²) in [4.78, 5) is 11.7. The lowest BCUT2D eigenvalue weighted by Crippen LogP contribution is -2.35. The van der Waals surface area contributed by atoms with E-state index < -0.39 is 18.9 Å². The molecular formula is C13H17ClNO4P. The monoisotopic (exact) mass is 317 g/mol. The standard InChI is InChI=1S/C13H17ClNO4P/c1-4-12(13(16)18-10(2)3)15-20(14,17)19-11-8-6-5-7-9-11/h4-10,12H,1H2,2-3H3,(H,15,17)/t12-,20+/m0/s1. The molecule has 0 fully saturated rings. The number of benzene rings is 1. The smallest absolute Gasteiger partial charge is 0.410 e.